The third-order valence-corrected chi connectivity index (χ3v) is 6.32. The predicted octanol–water partition coefficient (Wildman–Crippen LogP) is 5.71. The smallest absolute Gasteiger partial charge is 0.0236 e. The van der Waals surface area contributed by atoms with Gasteiger partial charge in [0.1, 0.15) is 0 Å². The molecule has 2 rings (SSSR count). The topological polar surface area (TPSA) is 0 Å². The van der Waals surface area contributed by atoms with Gasteiger partial charge in [-0.2, -0.15) is 0 Å². The Hall–Kier alpha value is 0.430. The molecule has 0 radical (unpaired) electrons. The van der Waals surface area contributed by atoms with E-state index >= 15 is 0 Å². The van der Waals surface area contributed by atoms with Gasteiger partial charge in [0, 0.05) is 0 Å². The van der Waals surface area contributed by atoms with Gasteiger partial charge in [-0.3, -0.25) is 0 Å². The van der Waals surface area contributed by atoms with E-state index in [1.807, 2.05) is 13.8 Å². The second-order valence-corrected chi connectivity index (χ2v) is 7.07. The molecule has 0 aromatic carbocycles. The van der Waals surface area contributed by atoms with E-state index in [0.29, 0.717) is 0 Å². The lowest BCUT2D eigenvalue weighted by Crippen LogP contribution is -2.25. The first-order chi connectivity index (χ1) is 8.35. The third kappa shape index (κ3) is 4.23. The van der Waals surface area contributed by atoms with Crippen LogP contribution >= 0.6 is 8.58 Å². The second-order valence-electron chi connectivity index (χ2n) is 5.68. The minimum absolute atomic E-state index is 1.09. The average molecular weight is 256 g/mol. The summed E-state index contributed by atoms with van der Waals surface area (Å²) in [5.74, 6) is 3.32. The maximum atomic E-state index is 2.41. The molecular formula is C16H33P. The molecule has 2 aliphatic carbocycles. The summed E-state index contributed by atoms with van der Waals surface area (Å²) in [5, 5.41) is 0. The molecule has 0 bridgehead atoms. The standard InChI is InChI=1S/C14H27P.C2H6/c1-3-11-6-4-5-7-14(11)12-8-9-13(10-12)15-2;1-2/h11-15H,3-10H2,1-2H3;1-2H3. The Morgan fingerprint density at radius 3 is 2.29 bits per heavy atom. The minimum atomic E-state index is 1.09. The highest BCUT2D eigenvalue weighted by atomic mass is 31.1. The lowest BCUT2D eigenvalue weighted by Gasteiger charge is -2.35. The summed E-state index contributed by atoms with van der Waals surface area (Å²) in [6, 6.07) is 0. The van der Waals surface area contributed by atoms with E-state index in [-0.39, 0.29) is 0 Å². The van der Waals surface area contributed by atoms with Gasteiger partial charge in [-0.05, 0) is 55.8 Å². The Bertz CT molecular complexity index is 190. The summed E-state index contributed by atoms with van der Waals surface area (Å²) in [6.07, 6.45) is 12.3. The first kappa shape index (κ1) is 15.5. The van der Waals surface area contributed by atoms with Gasteiger partial charge in [0.15, 0.2) is 0 Å². The quantitative estimate of drug-likeness (QED) is 0.568. The molecule has 0 aromatic rings. The molecule has 0 aliphatic heterocycles. The van der Waals surface area contributed by atoms with E-state index in [0.717, 1.165) is 23.4 Å². The van der Waals surface area contributed by atoms with E-state index in [2.05, 4.69) is 13.6 Å². The van der Waals surface area contributed by atoms with Crippen molar-refractivity contribution < 1.29 is 0 Å². The van der Waals surface area contributed by atoms with Gasteiger partial charge in [-0.15, -0.1) is 8.58 Å². The van der Waals surface area contributed by atoms with Crippen LogP contribution in [0, 0.1) is 17.8 Å². The lowest BCUT2D eigenvalue weighted by atomic mass is 9.71. The first-order valence-electron chi connectivity index (χ1n) is 8.02. The van der Waals surface area contributed by atoms with Gasteiger partial charge >= 0.3 is 0 Å². The number of hydrogen-bond acceptors (Lipinski definition) is 0. The average Bonchev–Trinajstić information content (AvgIpc) is 2.89. The highest BCUT2D eigenvalue weighted by molar-refractivity contribution is 7.37. The molecule has 17 heavy (non-hydrogen) atoms. The van der Waals surface area contributed by atoms with Crippen molar-refractivity contribution in [1.29, 1.82) is 0 Å². The molecule has 0 saturated heterocycles. The summed E-state index contributed by atoms with van der Waals surface area (Å²) in [5.41, 5.74) is 1.11. The van der Waals surface area contributed by atoms with Crippen LogP contribution in [0.5, 0.6) is 0 Å². The van der Waals surface area contributed by atoms with Crippen LogP contribution in [-0.4, -0.2) is 12.3 Å². The van der Waals surface area contributed by atoms with E-state index in [4.69, 9.17) is 0 Å². The van der Waals surface area contributed by atoms with Gasteiger partial charge in [-0.25, -0.2) is 0 Å². The largest absolute Gasteiger partial charge is 0.122 e. The summed E-state index contributed by atoms with van der Waals surface area (Å²) >= 11 is 0. The van der Waals surface area contributed by atoms with Crippen molar-refractivity contribution >= 4 is 8.58 Å². The molecule has 0 spiro atoms. The molecule has 2 fully saturated rings. The molecule has 0 amide bonds. The van der Waals surface area contributed by atoms with Crippen LogP contribution in [-0.2, 0) is 0 Å². The molecule has 0 N–H and O–H groups in total. The highest BCUT2D eigenvalue weighted by Crippen LogP contribution is 2.46. The van der Waals surface area contributed by atoms with Crippen molar-refractivity contribution in [2.75, 3.05) is 6.66 Å². The zero-order chi connectivity index (χ0) is 12.7. The zero-order valence-corrected chi connectivity index (χ0v) is 13.5. The number of hydrogen-bond donors (Lipinski definition) is 0. The molecule has 0 aromatic heterocycles. The fraction of sp³-hybridized carbons (Fsp3) is 1.00. The summed E-state index contributed by atoms with van der Waals surface area (Å²) in [4.78, 5) is 0. The van der Waals surface area contributed by atoms with Crippen molar-refractivity contribution in [3.63, 3.8) is 0 Å². The Morgan fingerprint density at radius 1 is 1.00 bits per heavy atom. The number of rotatable bonds is 3. The fourth-order valence-electron chi connectivity index (χ4n) is 4.03. The molecular weight excluding hydrogens is 223 g/mol. The van der Waals surface area contributed by atoms with E-state index in [9.17, 15) is 0 Å². The molecule has 5 unspecified atom stereocenters. The van der Waals surface area contributed by atoms with E-state index in [1.165, 1.54) is 34.3 Å². The molecule has 0 heterocycles. The van der Waals surface area contributed by atoms with Gasteiger partial charge < -0.3 is 0 Å². The molecule has 0 nitrogen and oxygen atoms in total. The SMILES string of the molecule is CC.CCC1CCCCC1C1CCC(PC)C1. The van der Waals surface area contributed by atoms with Crippen LogP contribution < -0.4 is 0 Å². The minimum Gasteiger partial charge on any atom is -0.122 e. The maximum Gasteiger partial charge on any atom is -0.0236 e. The van der Waals surface area contributed by atoms with Crippen LogP contribution in [0.4, 0.5) is 0 Å². The summed E-state index contributed by atoms with van der Waals surface area (Å²) in [7, 11) is 1.20. The Balaban J connectivity index is 0.000000686. The van der Waals surface area contributed by atoms with Gasteiger partial charge in [0.05, 0.1) is 0 Å². The first-order valence-corrected chi connectivity index (χ1v) is 9.60. The molecule has 2 aliphatic rings. The summed E-state index contributed by atoms with van der Waals surface area (Å²) < 4.78 is 0. The molecule has 102 valence electrons. The van der Waals surface area contributed by atoms with Crippen LogP contribution in [0.25, 0.3) is 0 Å². The molecule has 2 saturated carbocycles. The van der Waals surface area contributed by atoms with Crippen molar-refractivity contribution in [3.05, 3.63) is 0 Å². The molecule has 5 atom stereocenters. The van der Waals surface area contributed by atoms with Crippen molar-refractivity contribution in [2.24, 2.45) is 17.8 Å². The molecule has 1 heteroatoms. The van der Waals surface area contributed by atoms with Gasteiger partial charge in [0.2, 0.25) is 0 Å². The second kappa shape index (κ2) is 8.52. The van der Waals surface area contributed by atoms with Crippen LogP contribution in [0.15, 0.2) is 0 Å². The predicted molar refractivity (Wildman–Crippen MR) is 82.5 cm³/mol. The van der Waals surface area contributed by atoms with Crippen LogP contribution in [0.3, 0.4) is 0 Å². The van der Waals surface area contributed by atoms with Crippen molar-refractivity contribution in [3.8, 4) is 0 Å². The van der Waals surface area contributed by atoms with Crippen molar-refractivity contribution in [2.45, 2.75) is 77.8 Å². The van der Waals surface area contributed by atoms with E-state index in [1.54, 1.807) is 25.7 Å². The Morgan fingerprint density at radius 2 is 1.71 bits per heavy atom. The van der Waals surface area contributed by atoms with E-state index < -0.39 is 0 Å². The van der Waals surface area contributed by atoms with Crippen molar-refractivity contribution in [1.82, 2.24) is 0 Å². The highest BCUT2D eigenvalue weighted by Gasteiger charge is 2.34. The van der Waals surface area contributed by atoms with Gasteiger partial charge in [0.25, 0.3) is 0 Å². The Kier molecular flexibility index (Phi) is 7.76. The monoisotopic (exact) mass is 256 g/mol. The van der Waals surface area contributed by atoms with Crippen LogP contribution in [0.1, 0.15) is 72.1 Å². The summed E-state index contributed by atoms with van der Waals surface area (Å²) in [6.45, 7) is 8.82. The van der Waals surface area contributed by atoms with Crippen LogP contribution in [0.2, 0.25) is 0 Å². The maximum absolute atomic E-state index is 2.41. The Labute approximate surface area is 111 Å². The lowest BCUT2D eigenvalue weighted by molar-refractivity contribution is 0.158. The third-order valence-electron chi connectivity index (χ3n) is 4.98. The van der Waals surface area contributed by atoms with Gasteiger partial charge in [-0.1, -0.05) is 46.5 Å². The normalized spacial score (nSPS) is 38.1. The fourth-order valence-corrected chi connectivity index (χ4v) is 5.03. The zero-order valence-electron chi connectivity index (χ0n) is 12.5.